The van der Waals surface area contributed by atoms with Crippen LogP contribution in [0.15, 0.2) is 36.9 Å². The van der Waals surface area contributed by atoms with Crippen molar-refractivity contribution in [3.63, 3.8) is 0 Å². The van der Waals surface area contributed by atoms with Crippen molar-refractivity contribution in [2.24, 2.45) is 0 Å². The predicted octanol–water partition coefficient (Wildman–Crippen LogP) is 4.40. The van der Waals surface area contributed by atoms with E-state index in [1.807, 2.05) is 0 Å². The highest BCUT2D eigenvalue weighted by Crippen LogP contribution is 2.22. The number of rotatable bonds is 6. The zero-order chi connectivity index (χ0) is 17.4. The van der Waals surface area contributed by atoms with E-state index in [9.17, 15) is 9.59 Å². The summed E-state index contributed by atoms with van der Waals surface area (Å²) in [4.78, 5) is 22.9. The maximum Gasteiger partial charge on any atom is 0.514 e. The van der Waals surface area contributed by atoms with Gasteiger partial charge in [-0.3, -0.25) is 0 Å². The predicted molar refractivity (Wildman–Crippen MR) is 84.3 cm³/mol. The fourth-order valence-corrected chi connectivity index (χ4v) is 1.61. The molecule has 0 aliphatic carbocycles. The molecule has 0 N–H and O–H groups in total. The zero-order valence-corrected chi connectivity index (χ0v) is 13.8. The van der Waals surface area contributed by atoms with Gasteiger partial charge in [-0.2, -0.15) is 0 Å². The van der Waals surface area contributed by atoms with E-state index < -0.39 is 18.4 Å². The molecule has 0 bridgehead atoms. The molecule has 23 heavy (non-hydrogen) atoms. The number of benzene rings is 1. The van der Waals surface area contributed by atoms with Crippen molar-refractivity contribution in [1.29, 1.82) is 0 Å². The second-order valence-electron chi connectivity index (χ2n) is 5.28. The molecule has 0 aromatic heterocycles. The van der Waals surface area contributed by atoms with Gasteiger partial charge < -0.3 is 18.9 Å². The molecule has 1 aromatic rings. The molecule has 1 atom stereocenters. The fraction of sp³-hybridized carbons (Fsp3) is 0.412. The van der Waals surface area contributed by atoms with E-state index in [0.29, 0.717) is 11.3 Å². The van der Waals surface area contributed by atoms with Crippen LogP contribution in [0, 0.1) is 0 Å². The maximum atomic E-state index is 11.5. The minimum absolute atomic E-state index is 0.257. The summed E-state index contributed by atoms with van der Waals surface area (Å²) in [5.41, 5.74) is 0.672. The zero-order valence-electron chi connectivity index (χ0n) is 13.8. The topological polar surface area (TPSA) is 71.1 Å². The van der Waals surface area contributed by atoms with Crippen LogP contribution < -0.4 is 4.74 Å². The van der Waals surface area contributed by atoms with Crippen LogP contribution in [0.3, 0.4) is 0 Å². The van der Waals surface area contributed by atoms with Crippen LogP contribution in [0.4, 0.5) is 9.59 Å². The van der Waals surface area contributed by atoms with Crippen LogP contribution in [0.5, 0.6) is 5.75 Å². The maximum absolute atomic E-state index is 11.5. The second kappa shape index (κ2) is 8.82. The molecule has 6 nitrogen and oxygen atoms in total. The summed E-state index contributed by atoms with van der Waals surface area (Å²) in [6, 6.07) is 6.47. The summed E-state index contributed by atoms with van der Waals surface area (Å²) < 4.78 is 20.0. The van der Waals surface area contributed by atoms with Crippen LogP contribution >= 0.6 is 0 Å². The molecule has 0 aliphatic heterocycles. The van der Waals surface area contributed by atoms with Gasteiger partial charge in [0.25, 0.3) is 0 Å². The molecule has 0 unspecified atom stereocenters. The average molecular weight is 322 g/mol. The first-order valence-electron chi connectivity index (χ1n) is 7.30. The van der Waals surface area contributed by atoms with Crippen LogP contribution in [0.2, 0.25) is 0 Å². The molecule has 6 heteroatoms. The van der Waals surface area contributed by atoms with Gasteiger partial charge in [0.1, 0.15) is 11.9 Å². The quantitative estimate of drug-likeness (QED) is 0.439. The van der Waals surface area contributed by atoms with Crippen LogP contribution in [0.25, 0.3) is 0 Å². The SMILES string of the molecule is C=C[C@H](OC(=O)OC(C)C)c1ccc(OC(=O)OC(C)C)cc1. The minimum Gasteiger partial charge on any atom is -0.432 e. The third-order valence-corrected chi connectivity index (χ3v) is 2.51. The molecule has 0 radical (unpaired) electrons. The second-order valence-corrected chi connectivity index (χ2v) is 5.28. The normalized spacial score (nSPS) is 11.7. The van der Waals surface area contributed by atoms with E-state index in [-0.39, 0.29) is 12.2 Å². The van der Waals surface area contributed by atoms with Gasteiger partial charge in [-0.15, -0.1) is 0 Å². The molecule has 126 valence electrons. The third kappa shape index (κ3) is 6.86. The molecule has 0 amide bonds. The molecule has 0 saturated carbocycles. The lowest BCUT2D eigenvalue weighted by molar-refractivity contribution is 0.0185. The number of ether oxygens (including phenoxy) is 4. The molecule has 0 fully saturated rings. The van der Waals surface area contributed by atoms with E-state index in [4.69, 9.17) is 18.9 Å². The lowest BCUT2D eigenvalue weighted by Gasteiger charge is -2.16. The Kier molecular flexibility index (Phi) is 7.12. The van der Waals surface area contributed by atoms with Gasteiger partial charge >= 0.3 is 12.3 Å². The molecule has 0 saturated heterocycles. The van der Waals surface area contributed by atoms with Gasteiger partial charge in [-0.25, -0.2) is 9.59 Å². The summed E-state index contributed by atoms with van der Waals surface area (Å²) in [7, 11) is 0. The largest absolute Gasteiger partial charge is 0.514 e. The van der Waals surface area contributed by atoms with E-state index >= 15 is 0 Å². The van der Waals surface area contributed by atoms with Crippen molar-refractivity contribution in [2.45, 2.75) is 46.0 Å². The van der Waals surface area contributed by atoms with Crippen molar-refractivity contribution >= 4 is 12.3 Å². The molecule has 0 heterocycles. The molecule has 1 aromatic carbocycles. The van der Waals surface area contributed by atoms with Gasteiger partial charge in [0.15, 0.2) is 0 Å². The summed E-state index contributed by atoms with van der Waals surface area (Å²) >= 11 is 0. The smallest absolute Gasteiger partial charge is 0.432 e. The Hall–Kier alpha value is -2.50. The molecule has 1 rings (SSSR count). The Balaban J connectivity index is 2.67. The van der Waals surface area contributed by atoms with E-state index in [2.05, 4.69) is 6.58 Å². The first kappa shape index (κ1) is 18.5. The Morgan fingerprint density at radius 3 is 1.91 bits per heavy atom. The van der Waals surface area contributed by atoms with Crippen molar-refractivity contribution in [2.75, 3.05) is 0 Å². The monoisotopic (exact) mass is 322 g/mol. The summed E-state index contributed by atoms with van der Waals surface area (Å²) in [5.74, 6) is 0.326. The number of hydrogen-bond acceptors (Lipinski definition) is 6. The standard InChI is InChI=1S/C17H22O6/c1-6-15(23-17(19)21-12(4)5)13-7-9-14(10-8-13)22-16(18)20-11(2)3/h6-12,15H,1H2,2-5H3/t15-/m0/s1. The van der Waals surface area contributed by atoms with E-state index in [1.165, 1.54) is 6.08 Å². The van der Waals surface area contributed by atoms with Crippen molar-refractivity contribution < 1.29 is 28.5 Å². The van der Waals surface area contributed by atoms with Crippen LogP contribution in [0.1, 0.15) is 39.4 Å². The van der Waals surface area contributed by atoms with Crippen molar-refractivity contribution in [1.82, 2.24) is 0 Å². The Morgan fingerprint density at radius 1 is 0.913 bits per heavy atom. The summed E-state index contributed by atoms with van der Waals surface area (Å²) in [5, 5.41) is 0. The highest BCUT2D eigenvalue weighted by molar-refractivity contribution is 5.64. The minimum atomic E-state index is -0.773. The highest BCUT2D eigenvalue weighted by atomic mass is 16.7. The first-order chi connectivity index (χ1) is 10.8. The third-order valence-electron chi connectivity index (χ3n) is 2.51. The van der Waals surface area contributed by atoms with Crippen LogP contribution in [-0.4, -0.2) is 24.5 Å². The van der Waals surface area contributed by atoms with Gasteiger partial charge in [-0.1, -0.05) is 18.7 Å². The summed E-state index contributed by atoms with van der Waals surface area (Å²) in [6.45, 7) is 10.5. The molecular weight excluding hydrogens is 300 g/mol. The Labute approximate surface area is 136 Å². The number of carbonyl (C=O) groups excluding carboxylic acids is 2. The fourth-order valence-electron chi connectivity index (χ4n) is 1.61. The van der Waals surface area contributed by atoms with Gasteiger partial charge in [0.2, 0.25) is 0 Å². The summed E-state index contributed by atoms with van der Waals surface area (Å²) in [6.07, 6.45) is -1.25. The van der Waals surface area contributed by atoms with Gasteiger partial charge in [-0.05, 0) is 51.5 Å². The number of hydrogen-bond donors (Lipinski definition) is 0. The van der Waals surface area contributed by atoms with Gasteiger partial charge in [0.05, 0.1) is 12.2 Å². The number of carbonyl (C=O) groups is 2. The first-order valence-corrected chi connectivity index (χ1v) is 7.30. The lowest BCUT2D eigenvalue weighted by atomic mass is 10.1. The molecular formula is C17H22O6. The molecule has 0 spiro atoms. The van der Waals surface area contributed by atoms with Gasteiger partial charge in [0, 0.05) is 0 Å². The molecule has 0 aliphatic rings. The van der Waals surface area contributed by atoms with E-state index in [1.54, 1.807) is 52.0 Å². The lowest BCUT2D eigenvalue weighted by Crippen LogP contribution is -2.16. The van der Waals surface area contributed by atoms with Crippen molar-refractivity contribution in [3.05, 3.63) is 42.5 Å². The van der Waals surface area contributed by atoms with Crippen molar-refractivity contribution in [3.8, 4) is 5.75 Å². The Bertz CT molecular complexity index is 533. The Morgan fingerprint density at radius 2 is 1.43 bits per heavy atom. The van der Waals surface area contributed by atoms with Crippen LogP contribution in [-0.2, 0) is 14.2 Å². The highest BCUT2D eigenvalue weighted by Gasteiger charge is 2.16. The average Bonchev–Trinajstić information content (AvgIpc) is 2.44. The van der Waals surface area contributed by atoms with E-state index in [0.717, 1.165) is 0 Å².